The zero-order chi connectivity index (χ0) is 17.1. The van der Waals surface area contributed by atoms with Gasteiger partial charge in [0, 0.05) is 25.7 Å². The molecule has 0 fully saturated rings. The summed E-state index contributed by atoms with van der Waals surface area (Å²) in [7, 11) is -2.52. The van der Waals surface area contributed by atoms with Gasteiger partial charge in [0.25, 0.3) is 5.69 Å². The molecule has 0 saturated carbocycles. The lowest BCUT2D eigenvalue weighted by Crippen LogP contribution is -2.35. The second kappa shape index (κ2) is 8.58. The van der Waals surface area contributed by atoms with E-state index in [9.17, 15) is 18.5 Å². The van der Waals surface area contributed by atoms with Gasteiger partial charge in [0.2, 0.25) is 10.0 Å². The predicted molar refractivity (Wildman–Crippen MR) is 92.3 cm³/mol. The summed E-state index contributed by atoms with van der Waals surface area (Å²) in [5, 5.41) is 11.1. The zero-order valence-electron chi connectivity index (χ0n) is 13.7. The maximum atomic E-state index is 12.6. The van der Waals surface area contributed by atoms with Gasteiger partial charge in [0.05, 0.1) is 4.92 Å². The fraction of sp³-hybridized carbons (Fsp3) is 0.571. The Morgan fingerprint density at radius 3 is 2.39 bits per heavy atom. The molecule has 0 spiro atoms. The number of nitro groups is 1. The van der Waals surface area contributed by atoms with E-state index in [2.05, 4.69) is 0 Å². The van der Waals surface area contributed by atoms with E-state index in [1.165, 1.54) is 19.2 Å². The predicted octanol–water partition coefficient (Wildman–Crippen LogP) is 2.32. The fourth-order valence-electron chi connectivity index (χ4n) is 2.06. The third-order valence-electron chi connectivity index (χ3n) is 3.69. The van der Waals surface area contributed by atoms with Crippen LogP contribution in [0.4, 0.5) is 5.69 Å². The van der Waals surface area contributed by atoms with Gasteiger partial charge in [-0.15, -0.1) is 12.4 Å². The molecule has 2 N–H and O–H groups in total. The lowest BCUT2D eigenvalue weighted by atomic mass is 10.0. The molecular formula is C14H24ClN3O4S. The minimum absolute atomic E-state index is 0. The molecule has 1 rings (SSSR count). The summed E-state index contributed by atoms with van der Waals surface area (Å²) in [6.07, 6.45) is 0.493. The topological polar surface area (TPSA) is 107 Å². The van der Waals surface area contributed by atoms with Crippen molar-refractivity contribution < 1.29 is 13.3 Å². The number of hydrogen-bond acceptors (Lipinski definition) is 5. The quantitative estimate of drug-likeness (QED) is 0.589. The van der Waals surface area contributed by atoms with E-state index in [0.29, 0.717) is 12.0 Å². The number of hydrogen-bond donors (Lipinski definition) is 1. The number of nitrogens with zero attached hydrogens (tertiary/aromatic N) is 2. The normalized spacial score (nSPS) is 13.0. The number of rotatable bonds is 7. The molecule has 0 heterocycles. The van der Waals surface area contributed by atoms with Crippen LogP contribution in [0, 0.1) is 23.0 Å². The third-order valence-corrected chi connectivity index (χ3v) is 5.74. The fourth-order valence-corrected chi connectivity index (χ4v) is 3.60. The highest BCUT2D eigenvalue weighted by atomic mass is 35.5. The second-order valence-electron chi connectivity index (χ2n) is 5.70. The SMILES string of the molecule is Cc1cccc([N+](=O)[O-])c1S(=O)(=O)N(C)CCC(N)C(C)C.Cl. The number of sulfonamides is 1. The molecule has 1 atom stereocenters. The molecule has 0 saturated heterocycles. The molecule has 0 aliphatic carbocycles. The van der Waals surface area contributed by atoms with Gasteiger partial charge < -0.3 is 5.73 Å². The van der Waals surface area contributed by atoms with Crippen molar-refractivity contribution in [1.82, 2.24) is 4.31 Å². The second-order valence-corrected chi connectivity index (χ2v) is 7.69. The van der Waals surface area contributed by atoms with Crippen LogP contribution in [0.25, 0.3) is 0 Å². The number of nitrogens with two attached hydrogens (primary N) is 1. The van der Waals surface area contributed by atoms with E-state index in [-0.39, 0.29) is 35.8 Å². The lowest BCUT2D eigenvalue weighted by molar-refractivity contribution is -0.387. The van der Waals surface area contributed by atoms with E-state index in [1.54, 1.807) is 13.0 Å². The van der Waals surface area contributed by atoms with E-state index in [1.807, 2.05) is 13.8 Å². The first-order valence-corrected chi connectivity index (χ1v) is 8.49. The summed E-state index contributed by atoms with van der Waals surface area (Å²) in [6.45, 7) is 5.69. The van der Waals surface area contributed by atoms with Crippen LogP contribution in [0.1, 0.15) is 25.8 Å². The molecule has 23 heavy (non-hydrogen) atoms. The summed E-state index contributed by atoms with van der Waals surface area (Å²) in [6, 6.07) is 4.10. The zero-order valence-corrected chi connectivity index (χ0v) is 15.4. The molecule has 0 amide bonds. The maximum Gasteiger partial charge on any atom is 0.289 e. The van der Waals surface area contributed by atoms with Gasteiger partial charge in [-0.1, -0.05) is 26.0 Å². The van der Waals surface area contributed by atoms with Crippen LogP contribution in [-0.4, -0.2) is 37.3 Å². The molecule has 1 aromatic carbocycles. The molecule has 1 aromatic rings. The molecule has 0 radical (unpaired) electrons. The molecule has 0 bridgehead atoms. The molecular weight excluding hydrogens is 342 g/mol. The van der Waals surface area contributed by atoms with Gasteiger partial charge >= 0.3 is 0 Å². The van der Waals surface area contributed by atoms with E-state index >= 15 is 0 Å². The largest absolute Gasteiger partial charge is 0.327 e. The minimum Gasteiger partial charge on any atom is -0.327 e. The Morgan fingerprint density at radius 1 is 1.35 bits per heavy atom. The van der Waals surface area contributed by atoms with Crippen molar-refractivity contribution in [2.24, 2.45) is 11.7 Å². The average Bonchev–Trinajstić information content (AvgIpc) is 2.43. The van der Waals surface area contributed by atoms with E-state index < -0.39 is 20.6 Å². The van der Waals surface area contributed by atoms with Crippen molar-refractivity contribution in [2.75, 3.05) is 13.6 Å². The Kier molecular flexibility index (Phi) is 8.13. The first-order chi connectivity index (χ1) is 10.1. The van der Waals surface area contributed by atoms with Crippen LogP contribution in [0.3, 0.4) is 0 Å². The summed E-state index contributed by atoms with van der Waals surface area (Å²) in [5.41, 5.74) is 5.88. The third kappa shape index (κ3) is 5.13. The Bertz CT molecular complexity index is 649. The van der Waals surface area contributed by atoms with Crippen LogP contribution in [-0.2, 0) is 10.0 Å². The standard InChI is InChI=1S/C14H23N3O4S.ClH/c1-10(2)12(15)8-9-16(4)22(20,21)14-11(3)6-5-7-13(14)17(18)19;/h5-7,10,12H,8-9,15H2,1-4H3;1H. The summed E-state index contributed by atoms with van der Waals surface area (Å²) >= 11 is 0. The highest BCUT2D eigenvalue weighted by Crippen LogP contribution is 2.29. The molecule has 0 aliphatic rings. The summed E-state index contributed by atoms with van der Waals surface area (Å²) in [5.74, 6) is 0.240. The van der Waals surface area contributed by atoms with Gasteiger partial charge in [-0.25, -0.2) is 12.7 Å². The highest BCUT2D eigenvalue weighted by Gasteiger charge is 2.31. The Morgan fingerprint density at radius 2 is 1.91 bits per heavy atom. The first-order valence-electron chi connectivity index (χ1n) is 7.05. The van der Waals surface area contributed by atoms with Crippen molar-refractivity contribution >= 4 is 28.1 Å². The highest BCUT2D eigenvalue weighted by molar-refractivity contribution is 7.89. The van der Waals surface area contributed by atoms with Gasteiger partial charge in [-0.3, -0.25) is 10.1 Å². The molecule has 0 aliphatic heterocycles. The van der Waals surface area contributed by atoms with Crippen LogP contribution in [0.2, 0.25) is 0 Å². The molecule has 132 valence electrons. The lowest BCUT2D eigenvalue weighted by Gasteiger charge is -2.21. The monoisotopic (exact) mass is 365 g/mol. The van der Waals surface area contributed by atoms with Crippen molar-refractivity contribution in [1.29, 1.82) is 0 Å². The Hall–Kier alpha value is -1.22. The Labute approximate surface area is 143 Å². The van der Waals surface area contributed by atoms with Crippen molar-refractivity contribution in [3.63, 3.8) is 0 Å². The Balaban J connectivity index is 0.00000484. The molecule has 1 unspecified atom stereocenters. The van der Waals surface area contributed by atoms with Crippen LogP contribution in [0.15, 0.2) is 23.1 Å². The van der Waals surface area contributed by atoms with Crippen molar-refractivity contribution in [3.8, 4) is 0 Å². The van der Waals surface area contributed by atoms with Gasteiger partial charge in [0.1, 0.15) is 0 Å². The van der Waals surface area contributed by atoms with Crippen LogP contribution >= 0.6 is 12.4 Å². The summed E-state index contributed by atoms with van der Waals surface area (Å²) in [4.78, 5) is 10.2. The van der Waals surface area contributed by atoms with Gasteiger partial charge in [0.15, 0.2) is 4.90 Å². The van der Waals surface area contributed by atoms with E-state index in [0.717, 1.165) is 4.31 Å². The number of aryl methyl sites for hydroxylation is 1. The smallest absolute Gasteiger partial charge is 0.289 e. The van der Waals surface area contributed by atoms with Crippen molar-refractivity contribution in [2.45, 2.75) is 38.1 Å². The van der Waals surface area contributed by atoms with Crippen molar-refractivity contribution in [3.05, 3.63) is 33.9 Å². The van der Waals surface area contributed by atoms with Crippen LogP contribution < -0.4 is 5.73 Å². The number of halogens is 1. The first kappa shape index (κ1) is 21.8. The van der Waals surface area contributed by atoms with Crippen LogP contribution in [0.5, 0.6) is 0 Å². The minimum atomic E-state index is -3.93. The number of nitro benzene ring substituents is 1. The van der Waals surface area contributed by atoms with Gasteiger partial charge in [-0.05, 0) is 24.8 Å². The van der Waals surface area contributed by atoms with E-state index in [4.69, 9.17) is 5.73 Å². The summed E-state index contributed by atoms with van der Waals surface area (Å²) < 4.78 is 26.4. The average molecular weight is 366 g/mol. The molecule has 9 heteroatoms. The molecule has 0 aromatic heterocycles. The number of benzene rings is 1. The molecule has 7 nitrogen and oxygen atoms in total. The van der Waals surface area contributed by atoms with Gasteiger partial charge in [-0.2, -0.15) is 0 Å². The maximum absolute atomic E-state index is 12.6.